The molecule has 0 saturated heterocycles. The highest BCUT2D eigenvalue weighted by molar-refractivity contribution is 7.89. The molecule has 0 aliphatic rings. The molecular weight excluding hydrogens is 331 g/mol. The van der Waals surface area contributed by atoms with Gasteiger partial charge in [-0.15, -0.1) is 0 Å². The molecular formula is C13H21FN2O4S2. The first kappa shape index (κ1) is 19.0. The zero-order valence-electron chi connectivity index (χ0n) is 12.8. The molecule has 1 rings (SSSR count). The van der Waals surface area contributed by atoms with Crippen LogP contribution in [0.3, 0.4) is 0 Å². The highest BCUT2D eigenvalue weighted by atomic mass is 32.2. The van der Waals surface area contributed by atoms with Gasteiger partial charge in [-0.2, -0.15) is 4.31 Å². The van der Waals surface area contributed by atoms with E-state index in [1.807, 2.05) is 6.92 Å². The topological polar surface area (TPSA) is 83.6 Å². The summed E-state index contributed by atoms with van der Waals surface area (Å²) in [7, 11) is -7.20. The maximum Gasteiger partial charge on any atom is 0.240 e. The zero-order chi connectivity index (χ0) is 17.0. The lowest BCUT2D eigenvalue weighted by molar-refractivity contribution is 0.335. The summed E-state index contributed by atoms with van der Waals surface area (Å²) in [6, 6.07) is 4.19. The third kappa shape index (κ3) is 5.31. The van der Waals surface area contributed by atoms with Crippen molar-refractivity contribution in [1.82, 2.24) is 9.03 Å². The number of rotatable bonds is 8. The van der Waals surface area contributed by atoms with Gasteiger partial charge in [-0.3, -0.25) is 0 Å². The molecule has 1 aromatic carbocycles. The third-order valence-electron chi connectivity index (χ3n) is 3.26. The van der Waals surface area contributed by atoms with Crippen LogP contribution in [0.15, 0.2) is 29.2 Å². The fraction of sp³-hybridized carbons (Fsp3) is 0.538. The third-order valence-corrected chi connectivity index (χ3v) is 6.13. The minimum absolute atomic E-state index is 0.0360. The van der Waals surface area contributed by atoms with Gasteiger partial charge in [0.15, 0.2) is 0 Å². The Bertz CT molecular complexity index is 687. The van der Waals surface area contributed by atoms with Crippen molar-refractivity contribution in [3.05, 3.63) is 30.1 Å². The summed E-state index contributed by atoms with van der Waals surface area (Å²) in [5.41, 5.74) is 0. The summed E-state index contributed by atoms with van der Waals surface area (Å²) in [6.45, 7) is 3.59. The number of hydrogen-bond donors (Lipinski definition) is 1. The van der Waals surface area contributed by atoms with Crippen LogP contribution in [-0.4, -0.2) is 46.5 Å². The fourth-order valence-electron chi connectivity index (χ4n) is 1.90. The van der Waals surface area contributed by atoms with Gasteiger partial charge in [-0.1, -0.05) is 6.92 Å². The first-order valence-corrected chi connectivity index (χ1v) is 10.1. The summed E-state index contributed by atoms with van der Waals surface area (Å²) < 4.78 is 63.8. The molecule has 0 aromatic heterocycles. The minimum atomic E-state index is -3.79. The second-order valence-corrected chi connectivity index (χ2v) is 8.68. The number of nitrogens with one attached hydrogen (secondary N) is 1. The molecule has 0 saturated carbocycles. The second kappa shape index (κ2) is 7.49. The van der Waals surface area contributed by atoms with E-state index in [0.717, 1.165) is 30.5 Å². The van der Waals surface area contributed by atoms with Gasteiger partial charge in [0.2, 0.25) is 20.0 Å². The molecule has 1 atom stereocenters. The smallest absolute Gasteiger partial charge is 0.212 e. The van der Waals surface area contributed by atoms with Crippen molar-refractivity contribution in [2.45, 2.75) is 31.2 Å². The van der Waals surface area contributed by atoms with Gasteiger partial charge < -0.3 is 0 Å². The maximum atomic E-state index is 12.8. The SMILES string of the molecule is CCC(C)N(CCNS(=O)(=O)c1ccc(F)cc1)S(C)(=O)=O. The van der Waals surface area contributed by atoms with Crippen LogP contribution in [0.2, 0.25) is 0 Å². The molecule has 0 bridgehead atoms. The van der Waals surface area contributed by atoms with Crippen molar-refractivity contribution in [2.75, 3.05) is 19.3 Å². The van der Waals surface area contributed by atoms with Crippen molar-refractivity contribution < 1.29 is 21.2 Å². The minimum Gasteiger partial charge on any atom is -0.212 e. The fourth-order valence-corrected chi connectivity index (χ4v) is 4.15. The van der Waals surface area contributed by atoms with Gasteiger partial charge in [0, 0.05) is 19.1 Å². The molecule has 1 aromatic rings. The van der Waals surface area contributed by atoms with E-state index in [0.29, 0.717) is 6.42 Å². The van der Waals surface area contributed by atoms with Crippen LogP contribution in [0.4, 0.5) is 4.39 Å². The summed E-state index contributed by atoms with van der Waals surface area (Å²) in [6.07, 6.45) is 1.71. The average Bonchev–Trinajstić information content (AvgIpc) is 2.42. The second-order valence-electron chi connectivity index (χ2n) is 4.98. The Labute approximate surface area is 131 Å². The molecule has 126 valence electrons. The van der Waals surface area contributed by atoms with E-state index in [9.17, 15) is 21.2 Å². The molecule has 0 amide bonds. The Kier molecular flexibility index (Phi) is 6.48. The van der Waals surface area contributed by atoms with Gasteiger partial charge in [0.25, 0.3) is 0 Å². The monoisotopic (exact) mass is 352 g/mol. The lowest BCUT2D eigenvalue weighted by Crippen LogP contribution is -2.42. The van der Waals surface area contributed by atoms with Gasteiger partial charge in [0.1, 0.15) is 5.82 Å². The van der Waals surface area contributed by atoms with Crippen LogP contribution in [0, 0.1) is 5.82 Å². The van der Waals surface area contributed by atoms with Crippen LogP contribution >= 0.6 is 0 Å². The van der Waals surface area contributed by atoms with Crippen molar-refractivity contribution in [1.29, 1.82) is 0 Å². The first-order valence-electron chi connectivity index (χ1n) is 6.80. The van der Waals surface area contributed by atoms with Crippen molar-refractivity contribution in [3.63, 3.8) is 0 Å². The van der Waals surface area contributed by atoms with Crippen LogP contribution in [0.1, 0.15) is 20.3 Å². The molecule has 0 fully saturated rings. The summed E-state index contributed by atoms with van der Waals surface area (Å²) in [4.78, 5) is -0.0663. The van der Waals surface area contributed by atoms with E-state index in [-0.39, 0.29) is 24.0 Å². The Balaban J connectivity index is 2.74. The Hall–Kier alpha value is -1.03. The van der Waals surface area contributed by atoms with Gasteiger partial charge in [-0.05, 0) is 37.6 Å². The van der Waals surface area contributed by atoms with Crippen LogP contribution in [-0.2, 0) is 20.0 Å². The highest BCUT2D eigenvalue weighted by Crippen LogP contribution is 2.11. The Morgan fingerprint density at radius 2 is 1.73 bits per heavy atom. The predicted molar refractivity (Wildman–Crippen MR) is 82.9 cm³/mol. The predicted octanol–water partition coefficient (Wildman–Crippen LogP) is 1.16. The molecule has 22 heavy (non-hydrogen) atoms. The number of nitrogens with zero attached hydrogens (tertiary/aromatic N) is 1. The Morgan fingerprint density at radius 3 is 2.18 bits per heavy atom. The van der Waals surface area contributed by atoms with Crippen LogP contribution < -0.4 is 4.72 Å². The highest BCUT2D eigenvalue weighted by Gasteiger charge is 2.22. The number of halogens is 1. The normalized spacial score (nSPS) is 14.2. The molecule has 0 aliphatic carbocycles. The van der Waals surface area contributed by atoms with E-state index in [4.69, 9.17) is 0 Å². The summed E-state index contributed by atoms with van der Waals surface area (Å²) in [5, 5.41) is 0. The van der Waals surface area contributed by atoms with Crippen molar-refractivity contribution in [2.24, 2.45) is 0 Å². The zero-order valence-corrected chi connectivity index (χ0v) is 14.4. The standard InChI is InChI=1S/C13H21FN2O4S2/c1-4-11(2)16(21(3,17)18)10-9-15-22(19,20)13-7-5-12(14)6-8-13/h5-8,11,15H,4,9-10H2,1-3H3. The van der Waals surface area contributed by atoms with Gasteiger partial charge in [-0.25, -0.2) is 25.9 Å². The molecule has 0 spiro atoms. The molecule has 0 aliphatic heterocycles. The van der Waals surface area contributed by atoms with E-state index in [1.54, 1.807) is 6.92 Å². The lowest BCUT2D eigenvalue weighted by Gasteiger charge is -2.25. The molecule has 1 N–H and O–H groups in total. The van der Waals surface area contributed by atoms with E-state index in [1.165, 1.54) is 4.31 Å². The van der Waals surface area contributed by atoms with Gasteiger partial charge >= 0.3 is 0 Å². The van der Waals surface area contributed by atoms with E-state index >= 15 is 0 Å². The summed E-state index contributed by atoms with van der Waals surface area (Å²) >= 11 is 0. The first-order chi connectivity index (χ1) is 10.1. The van der Waals surface area contributed by atoms with Crippen molar-refractivity contribution in [3.8, 4) is 0 Å². The molecule has 6 nitrogen and oxygen atoms in total. The van der Waals surface area contributed by atoms with Crippen LogP contribution in [0.25, 0.3) is 0 Å². The van der Waals surface area contributed by atoms with E-state index in [2.05, 4.69) is 4.72 Å². The van der Waals surface area contributed by atoms with E-state index < -0.39 is 25.9 Å². The summed E-state index contributed by atoms with van der Waals surface area (Å²) in [5.74, 6) is -0.529. The quantitative estimate of drug-likeness (QED) is 0.761. The molecule has 0 heterocycles. The molecule has 9 heteroatoms. The molecule has 1 unspecified atom stereocenters. The lowest BCUT2D eigenvalue weighted by atomic mass is 10.2. The maximum absolute atomic E-state index is 12.8. The van der Waals surface area contributed by atoms with Crippen molar-refractivity contribution >= 4 is 20.0 Å². The number of hydrogen-bond acceptors (Lipinski definition) is 4. The molecule has 0 radical (unpaired) electrons. The average molecular weight is 352 g/mol. The van der Waals surface area contributed by atoms with Gasteiger partial charge in [0.05, 0.1) is 11.2 Å². The number of sulfonamides is 2. The Morgan fingerprint density at radius 1 is 1.18 bits per heavy atom. The largest absolute Gasteiger partial charge is 0.240 e. The van der Waals surface area contributed by atoms with Crippen LogP contribution in [0.5, 0.6) is 0 Å². The number of benzene rings is 1.